The van der Waals surface area contributed by atoms with Gasteiger partial charge in [-0.1, -0.05) is 26.8 Å². The topological polar surface area (TPSA) is 105 Å². The number of nitro groups is 1. The molecule has 0 spiro atoms. The van der Waals surface area contributed by atoms with Gasteiger partial charge in [0.25, 0.3) is 17.5 Å². The molecule has 8 nitrogen and oxygen atoms in total. The number of hydrogen-bond acceptors (Lipinski definition) is 5. The summed E-state index contributed by atoms with van der Waals surface area (Å²) in [6.07, 6.45) is 2.14. The minimum absolute atomic E-state index is 0.152. The van der Waals surface area contributed by atoms with Crippen molar-refractivity contribution in [3.05, 3.63) is 63.7 Å². The Kier molecular flexibility index (Phi) is 7.45. The molecule has 32 heavy (non-hydrogen) atoms. The summed E-state index contributed by atoms with van der Waals surface area (Å²) in [5, 5.41) is 16.7. The Morgan fingerprint density at radius 3 is 2.50 bits per heavy atom. The van der Waals surface area contributed by atoms with E-state index in [0.29, 0.717) is 29.6 Å². The van der Waals surface area contributed by atoms with Crippen molar-refractivity contribution in [1.82, 2.24) is 5.32 Å². The Balaban J connectivity index is 1.86. The lowest BCUT2D eigenvalue weighted by molar-refractivity contribution is -0.384. The Hall–Kier alpha value is -3.42. The summed E-state index contributed by atoms with van der Waals surface area (Å²) in [7, 11) is 0. The van der Waals surface area contributed by atoms with Crippen LogP contribution in [0.25, 0.3) is 0 Å². The van der Waals surface area contributed by atoms with Crippen molar-refractivity contribution in [3.8, 4) is 0 Å². The molecule has 3 rings (SSSR count). The molecule has 1 aliphatic rings. The largest absolute Gasteiger partial charge is 0.371 e. The molecule has 2 aromatic rings. The van der Waals surface area contributed by atoms with Crippen LogP contribution in [-0.2, 0) is 0 Å². The second-order valence-corrected chi connectivity index (χ2v) is 8.77. The quantitative estimate of drug-likeness (QED) is 0.490. The monoisotopic (exact) mass is 438 g/mol. The Bertz CT molecular complexity index is 997. The number of rotatable bonds is 7. The van der Waals surface area contributed by atoms with Gasteiger partial charge in [0.05, 0.1) is 10.5 Å². The van der Waals surface area contributed by atoms with Crippen LogP contribution in [0, 0.1) is 22.0 Å². The van der Waals surface area contributed by atoms with Gasteiger partial charge in [-0.05, 0) is 48.9 Å². The molecule has 0 radical (unpaired) electrons. The third-order valence-corrected chi connectivity index (χ3v) is 5.61. The van der Waals surface area contributed by atoms with E-state index in [1.807, 2.05) is 19.9 Å². The first-order chi connectivity index (χ1) is 15.2. The lowest BCUT2D eigenvalue weighted by Crippen LogP contribution is -2.35. The Morgan fingerprint density at radius 2 is 1.84 bits per heavy atom. The first kappa shape index (κ1) is 23.2. The Morgan fingerprint density at radius 1 is 1.12 bits per heavy atom. The van der Waals surface area contributed by atoms with E-state index in [1.54, 1.807) is 12.1 Å². The molecule has 0 bridgehead atoms. The molecule has 1 fully saturated rings. The zero-order valence-electron chi connectivity index (χ0n) is 18.8. The van der Waals surface area contributed by atoms with Gasteiger partial charge in [-0.2, -0.15) is 0 Å². The molecule has 2 amide bonds. The van der Waals surface area contributed by atoms with Gasteiger partial charge in [0.1, 0.15) is 0 Å². The van der Waals surface area contributed by atoms with Gasteiger partial charge >= 0.3 is 0 Å². The van der Waals surface area contributed by atoms with Crippen LogP contribution >= 0.6 is 0 Å². The van der Waals surface area contributed by atoms with Crippen molar-refractivity contribution in [2.45, 2.75) is 33.6 Å². The number of carbonyl (C=O) groups is 2. The summed E-state index contributed by atoms with van der Waals surface area (Å²) < 4.78 is 0. The molecule has 2 aromatic carbocycles. The first-order valence-electron chi connectivity index (χ1n) is 11.0. The number of non-ortho nitro benzene ring substituents is 1. The van der Waals surface area contributed by atoms with E-state index < -0.39 is 10.8 Å². The van der Waals surface area contributed by atoms with Gasteiger partial charge < -0.3 is 15.5 Å². The van der Waals surface area contributed by atoms with Gasteiger partial charge in [-0.25, -0.2) is 0 Å². The Labute approximate surface area is 188 Å². The fourth-order valence-electron chi connectivity index (χ4n) is 3.68. The maximum atomic E-state index is 13.0. The van der Waals surface area contributed by atoms with E-state index in [2.05, 4.69) is 22.5 Å². The molecule has 0 atom stereocenters. The summed E-state index contributed by atoms with van der Waals surface area (Å²) in [4.78, 5) is 38.3. The molecular formula is C24H30N4O4. The SMILES string of the molecule is CC(C)CNC(=O)c1cc(NC(=O)c2cccc([N+](=O)[O-])c2)ccc1N1CCC(C)CC1. The number of nitro benzene ring substituents is 1. The average molecular weight is 439 g/mol. The normalized spacial score (nSPS) is 14.3. The van der Waals surface area contributed by atoms with Crippen LogP contribution in [0.5, 0.6) is 0 Å². The van der Waals surface area contributed by atoms with E-state index in [9.17, 15) is 19.7 Å². The van der Waals surface area contributed by atoms with E-state index in [0.717, 1.165) is 31.6 Å². The van der Waals surface area contributed by atoms with Crippen LogP contribution in [0.4, 0.5) is 17.1 Å². The van der Waals surface area contributed by atoms with Gasteiger partial charge in [0.15, 0.2) is 0 Å². The van der Waals surface area contributed by atoms with Crippen molar-refractivity contribution < 1.29 is 14.5 Å². The highest BCUT2D eigenvalue weighted by atomic mass is 16.6. The molecule has 170 valence electrons. The molecule has 8 heteroatoms. The van der Waals surface area contributed by atoms with Crippen molar-refractivity contribution in [1.29, 1.82) is 0 Å². The maximum Gasteiger partial charge on any atom is 0.270 e. The molecule has 1 aliphatic heterocycles. The smallest absolute Gasteiger partial charge is 0.270 e. The number of amides is 2. The van der Waals surface area contributed by atoms with Gasteiger partial charge in [0.2, 0.25) is 0 Å². The van der Waals surface area contributed by atoms with E-state index in [-0.39, 0.29) is 17.2 Å². The highest BCUT2D eigenvalue weighted by molar-refractivity contribution is 6.06. The average Bonchev–Trinajstić information content (AvgIpc) is 2.78. The molecule has 0 aromatic heterocycles. The van der Waals surface area contributed by atoms with Crippen LogP contribution in [0.3, 0.4) is 0 Å². The van der Waals surface area contributed by atoms with Crippen molar-refractivity contribution >= 4 is 28.9 Å². The molecular weight excluding hydrogens is 408 g/mol. The number of anilines is 2. The predicted molar refractivity (Wildman–Crippen MR) is 125 cm³/mol. The van der Waals surface area contributed by atoms with E-state index in [4.69, 9.17) is 0 Å². The number of carbonyl (C=O) groups excluding carboxylic acids is 2. The van der Waals surface area contributed by atoms with Gasteiger partial charge in [-0.3, -0.25) is 19.7 Å². The first-order valence-corrected chi connectivity index (χ1v) is 11.0. The third-order valence-electron chi connectivity index (χ3n) is 5.61. The van der Waals surface area contributed by atoms with E-state index >= 15 is 0 Å². The highest BCUT2D eigenvalue weighted by Gasteiger charge is 2.22. The fourth-order valence-corrected chi connectivity index (χ4v) is 3.68. The zero-order valence-corrected chi connectivity index (χ0v) is 18.8. The van der Waals surface area contributed by atoms with Crippen molar-refractivity contribution in [2.75, 3.05) is 29.9 Å². The predicted octanol–water partition coefficient (Wildman–Crippen LogP) is 4.47. The number of piperidine rings is 1. The minimum atomic E-state index is -0.539. The summed E-state index contributed by atoms with van der Waals surface area (Å²) in [6, 6.07) is 10.9. The van der Waals surface area contributed by atoms with Crippen molar-refractivity contribution in [2.24, 2.45) is 11.8 Å². The zero-order chi connectivity index (χ0) is 23.3. The number of nitrogens with one attached hydrogen (secondary N) is 2. The number of nitrogens with zero attached hydrogens (tertiary/aromatic N) is 2. The highest BCUT2D eigenvalue weighted by Crippen LogP contribution is 2.29. The second-order valence-electron chi connectivity index (χ2n) is 8.77. The standard InChI is InChI=1S/C24H30N4O4/c1-16(2)15-25-24(30)21-14-19(7-8-22(21)27-11-9-17(3)10-12-27)26-23(29)18-5-4-6-20(13-18)28(31)32/h4-8,13-14,16-17H,9-12,15H2,1-3H3,(H,25,30)(H,26,29). The lowest BCUT2D eigenvalue weighted by atomic mass is 9.97. The third kappa shape index (κ3) is 5.84. The summed E-state index contributed by atoms with van der Waals surface area (Å²) >= 11 is 0. The van der Waals surface area contributed by atoms with Crippen LogP contribution in [0.2, 0.25) is 0 Å². The molecule has 1 saturated heterocycles. The molecule has 0 unspecified atom stereocenters. The minimum Gasteiger partial charge on any atom is -0.371 e. The molecule has 0 saturated carbocycles. The molecule has 2 N–H and O–H groups in total. The maximum absolute atomic E-state index is 13.0. The van der Waals surface area contributed by atoms with Gasteiger partial charge in [-0.15, -0.1) is 0 Å². The van der Waals surface area contributed by atoms with Crippen molar-refractivity contribution in [3.63, 3.8) is 0 Å². The number of benzene rings is 2. The van der Waals surface area contributed by atoms with Crippen LogP contribution in [-0.4, -0.2) is 36.4 Å². The molecule has 0 aliphatic carbocycles. The second kappa shape index (κ2) is 10.3. The van der Waals surface area contributed by atoms with Gasteiger partial charge in [0, 0.05) is 48.7 Å². The summed E-state index contributed by atoms with van der Waals surface area (Å²) in [5.41, 5.74) is 1.86. The van der Waals surface area contributed by atoms with Crippen LogP contribution in [0.1, 0.15) is 54.3 Å². The lowest BCUT2D eigenvalue weighted by Gasteiger charge is -2.33. The molecule has 1 heterocycles. The number of hydrogen-bond donors (Lipinski definition) is 2. The fraction of sp³-hybridized carbons (Fsp3) is 0.417. The van der Waals surface area contributed by atoms with Crippen LogP contribution in [0.15, 0.2) is 42.5 Å². The summed E-state index contributed by atoms with van der Waals surface area (Å²) in [5.74, 6) is 0.327. The van der Waals surface area contributed by atoms with E-state index in [1.165, 1.54) is 24.3 Å². The summed E-state index contributed by atoms with van der Waals surface area (Å²) in [6.45, 7) is 8.61. The van der Waals surface area contributed by atoms with Crippen LogP contribution < -0.4 is 15.5 Å².